The molecular weight excluding hydrogens is 727 g/mol. The van der Waals surface area contributed by atoms with Crippen LogP contribution < -0.4 is 4.90 Å². The van der Waals surface area contributed by atoms with Gasteiger partial charge >= 0.3 is 0 Å². The van der Waals surface area contributed by atoms with Crippen molar-refractivity contribution >= 4 is 82.1 Å². The third-order valence-electron chi connectivity index (χ3n) is 12.2. The van der Waals surface area contributed by atoms with Crippen LogP contribution in [0.15, 0.2) is 229 Å². The monoisotopic (exact) mass is 763 g/mol. The number of para-hydroxylation sites is 2. The lowest BCUT2D eigenvalue weighted by Crippen LogP contribution is -2.11. The fourth-order valence-corrected chi connectivity index (χ4v) is 9.29. The van der Waals surface area contributed by atoms with Gasteiger partial charge in [0.2, 0.25) is 0 Å². The summed E-state index contributed by atoms with van der Waals surface area (Å²) in [6.45, 7) is 0. The van der Waals surface area contributed by atoms with Crippen LogP contribution in [-0.2, 0) is 0 Å². The summed E-state index contributed by atoms with van der Waals surface area (Å²) in [5.41, 5.74) is 12.0. The number of anilines is 3. The minimum absolute atomic E-state index is 0.865. The molecule has 60 heavy (non-hydrogen) atoms. The fourth-order valence-electron chi connectivity index (χ4n) is 9.29. The molecule has 12 aromatic rings. The van der Waals surface area contributed by atoms with Crippen molar-refractivity contribution in [3.8, 4) is 33.4 Å². The summed E-state index contributed by atoms with van der Waals surface area (Å²) in [7, 11) is 0. The molecule has 2 heteroatoms. The Morgan fingerprint density at radius 3 is 1.42 bits per heavy atom. The predicted molar refractivity (Wildman–Crippen MR) is 255 cm³/mol. The molecule has 0 fully saturated rings. The van der Waals surface area contributed by atoms with Crippen molar-refractivity contribution in [3.05, 3.63) is 224 Å². The normalized spacial score (nSPS) is 11.7. The van der Waals surface area contributed by atoms with E-state index in [1.807, 2.05) is 6.07 Å². The highest BCUT2D eigenvalue weighted by Crippen LogP contribution is 2.46. The average molecular weight is 764 g/mol. The van der Waals surface area contributed by atoms with Gasteiger partial charge in [-0.3, -0.25) is 0 Å². The van der Waals surface area contributed by atoms with E-state index in [2.05, 4.69) is 223 Å². The number of hydrogen-bond donors (Lipinski definition) is 0. The first kappa shape index (κ1) is 34.1. The van der Waals surface area contributed by atoms with Gasteiger partial charge < -0.3 is 9.32 Å². The Morgan fingerprint density at radius 2 is 0.750 bits per heavy atom. The maximum absolute atomic E-state index is 6.45. The molecule has 1 heterocycles. The van der Waals surface area contributed by atoms with Gasteiger partial charge in [0.15, 0.2) is 0 Å². The van der Waals surface area contributed by atoms with E-state index < -0.39 is 0 Å². The molecule has 0 aliphatic rings. The summed E-state index contributed by atoms with van der Waals surface area (Å²) in [6.07, 6.45) is 0. The smallest absolute Gasteiger partial charge is 0.137 e. The zero-order chi connectivity index (χ0) is 39.6. The van der Waals surface area contributed by atoms with Crippen molar-refractivity contribution in [2.24, 2.45) is 0 Å². The molecule has 0 spiro atoms. The van der Waals surface area contributed by atoms with E-state index in [-0.39, 0.29) is 0 Å². The van der Waals surface area contributed by atoms with Crippen LogP contribution in [0.2, 0.25) is 0 Å². The largest absolute Gasteiger partial charge is 0.456 e. The molecule has 0 amide bonds. The van der Waals surface area contributed by atoms with Gasteiger partial charge in [-0.2, -0.15) is 0 Å². The van der Waals surface area contributed by atoms with Crippen molar-refractivity contribution < 1.29 is 4.42 Å². The SMILES string of the molecule is c1ccc(N(c2ccc(-c3ccc4c(ccc5ccccc54)c3)cc2)c2cccc3oc4ccccc4c23)c(-c2ccc(-c3ccc4c(ccc5ccccc54)c3)cc2)c1. The molecule has 0 radical (unpaired) electrons. The molecule has 11 aromatic carbocycles. The van der Waals surface area contributed by atoms with Gasteiger partial charge in [0, 0.05) is 16.6 Å². The minimum Gasteiger partial charge on any atom is -0.456 e. The molecular formula is C58H37NO. The van der Waals surface area contributed by atoms with Gasteiger partial charge in [0.1, 0.15) is 11.2 Å². The van der Waals surface area contributed by atoms with Gasteiger partial charge in [0.25, 0.3) is 0 Å². The number of furan rings is 1. The molecule has 0 atom stereocenters. The molecule has 0 saturated heterocycles. The second kappa shape index (κ2) is 13.9. The maximum atomic E-state index is 6.45. The standard InChI is InChI=1S/C58H37NO/c1-3-12-48-40(10-1)24-26-45-36-43(30-34-50(45)48)38-20-22-42(23-21-38)52-14-5-7-16-54(52)59(55-17-9-19-57-58(55)53-15-6-8-18-56(53)60-57)47-32-28-39(29-33-47)44-31-35-51-46(37-44)27-25-41-11-2-4-13-49(41)51/h1-37H. The molecule has 0 N–H and O–H groups in total. The van der Waals surface area contributed by atoms with E-state index in [4.69, 9.17) is 4.42 Å². The van der Waals surface area contributed by atoms with Gasteiger partial charge in [-0.15, -0.1) is 0 Å². The van der Waals surface area contributed by atoms with Gasteiger partial charge in [-0.1, -0.05) is 176 Å². The van der Waals surface area contributed by atoms with Crippen LogP contribution in [-0.4, -0.2) is 0 Å². The van der Waals surface area contributed by atoms with E-state index in [0.29, 0.717) is 0 Å². The Balaban J connectivity index is 0.968. The number of hydrogen-bond acceptors (Lipinski definition) is 2. The minimum atomic E-state index is 0.865. The molecule has 280 valence electrons. The molecule has 12 rings (SSSR count). The van der Waals surface area contributed by atoms with Crippen LogP contribution in [0.5, 0.6) is 0 Å². The lowest BCUT2D eigenvalue weighted by molar-refractivity contribution is 0.669. The summed E-state index contributed by atoms with van der Waals surface area (Å²) in [4.78, 5) is 2.40. The first-order valence-corrected chi connectivity index (χ1v) is 20.6. The van der Waals surface area contributed by atoms with Crippen molar-refractivity contribution in [1.29, 1.82) is 0 Å². The number of rotatable bonds is 6. The summed E-state index contributed by atoms with van der Waals surface area (Å²) < 4.78 is 6.45. The Bertz CT molecular complexity index is 3600. The van der Waals surface area contributed by atoms with Crippen LogP contribution in [0, 0.1) is 0 Å². The molecule has 0 aliphatic heterocycles. The summed E-state index contributed by atoms with van der Waals surface area (Å²) in [5, 5.41) is 12.3. The van der Waals surface area contributed by atoms with Gasteiger partial charge in [-0.25, -0.2) is 0 Å². The lowest BCUT2D eigenvalue weighted by Gasteiger charge is -2.28. The van der Waals surface area contributed by atoms with E-state index in [1.165, 1.54) is 65.3 Å². The van der Waals surface area contributed by atoms with Crippen molar-refractivity contribution in [3.63, 3.8) is 0 Å². The first-order valence-electron chi connectivity index (χ1n) is 20.6. The second-order valence-corrected chi connectivity index (χ2v) is 15.7. The predicted octanol–water partition coefficient (Wildman–Crippen LogP) is 16.7. The van der Waals surface area contributed by atoms with Crippen LogP contribution in [0.1, 0.15) is 0 Å². The van der Waals surface area contributed by atoms with Crippen molar-refractivity contribution in [2.75, 3.05) is 4.90 Å². The zero-order valence-corrected chi connectivity index (χ0v) is 32.7. The van der Waals surface area contributed by atoms with E-state index in [9.17, 15) is 0 Å². The summed E-state index contributed by atoms with van der Waals surface area (Å²) >= 11 is 0. The number of nitrogens with zero attached hydrogens (tertiary/aromatic N) is 1. The van der Waals surface area contributed by atoms with Crippen LogP contribution in [0.25, 0.3) is 98.4 Å². The molecule has 2 nitrogen and oxygen atoms in total. The Hall–Kier alpha value is -7.94. The summed E-state index contributed by atoms with van der Waals surface area (Å²) in [5.74, 6) is 0. The van der Waals surface area contributed by atoms with Crippen LogP contribution in [0.4, 0.5) is 17.1 Å². The molecule has 0 unspecified atom stereocenters. The highest BCUT2D eigenvalue weighted by Gasteiger charge is 2.22. The van der Waals surface area contributed by atoms with Crippen molar-refractivity contribution in [2.45, 2.75) is 0 Å². The molecule has 0 bridgehead atoms. The topological polar surface area (TPSA) is 16.4 Å². The summed E-state index contributed by atoms with van der Waals surface area (Å²) in [6, 6.07) is 81.3. The lowest BCUT2D eigenvalue weighted by atomic mass is 9.95. The number of benzene rings is 11. The second-order valence-electron chi connectivity index (χ2n) is 15.7. The van der Waals surface area contributed by atoms with Gasteiger partial charge in [0.05, 0.1) is 16.8 Å². The average Bonchev–Trinajstić information content (AvgIpc) is 3.71. The number of fused-ring (bicyclic) bond motifs is 9. The van der Waals surface area contributed by atoms with E-state index in [0.717, 1.165) is 50.1 Å². The van der Waals surface area contributed by atoms with Crippen LogP contribution >= 0.6 is 0 Å². The first-order chi connectivity index (χ1) is 29.7. The maximum Gasteiger partial charge on any atom is 0.137 e. The Morgan fingerprint density at radius 1 is 0.283 bits per heavy atom. The zero-order valence-electron chi connectivity index (χ0n) is 32.7. The van der Waals surface area contributed by atoms with Crippen molar-refractivity contribution in [1.82, 2.24) is 0 Å². The third kappa shape index (κ3) is 5.65. The van der Waals surface area contributed by atoms with E-state index >= 15 is 0 Å². The van der Waals surface area contributed by atoms with Crippen LogP contribution in [0.3, 0.4) is 0 Å². The Kier molecular flexibility index (Phi) is 7.89. The Labute approximate surface area is 347 Å². The fraction of sp³-hybridized carbons (Fsp3) is 0. The molecule has 0 saturated carbocycles. The molecule has 1 aromatic heterocycles. The third-order valence-corrected chi connectivity index (χ3v) is 12.2. The highest BCUT2D eigenvalue weighted by molar-refractivity contribution is 6.14. The molecule has 0 aliphatic carbocycles. The van der Waals surface area contributed by atoms with E-state index in [1.54, 1.807) is 0 Å². The highest BCUT2D eigenvalue weighted by atomic mass is 16.3. The quantitative estimate of drug-likeness (QED) is 0.157. The van der Waals surface area contributed by atoms with Gasteiger partial charge in [-0.05, 0) is 119 Å².